The van der Waals surface area contributed by atoms with Crippen LogP contribution in [0.3, 0.4) is 0 Å². The molecule has 0 bridgehead atoms. The normalized spacial score (nSPS) is 30.4. The van der Waals surface area contributed by atoms with Gasteiger partial charge in [-0.05, 0) is 18.4 Å². The van der Waals surface area contributed by atoms with E-state index in [0.29, 0.717) is 5.92 Å². The van der Waals surface area contributed by atoms with Gasteiger partial charge in [0.15, 0.2) is 0 Å². The van der Waals surface area contributed by atoms with Gasteiger partial charge in [0, 0.05) is 12.1 Å². The van der Waals surface area contributed by atoms with Crippen LogP contribution in [0.5, 0.6) is 0 Å². The molecule has 0 aromatic heterocycles. The molecular formula is C8H11NO. The van der Waals surface area contributed by atoms with Crippen molar-refractivity contribution >= 4 is 0 Å². The summed E-state index contributed by atoms with van der Waals surface area (Å²) in [6, 6.07) is 0. The van der Waals surface area contributed by atoms with Crippen LogP contribution in [0.15, 0.2) is 23.9 Å². The van der Waals surface area contributed by atoms with E-state index < -0.39 is 0 Å². The third-order valence-electron chi connectivity index (χ3n) is 2.06. The molecule has 0 radical (unpaired) electrons. The molecule has 0 spiro atoms. The van der Waals surface area contributed by atoms with Crippen molar-refractivity contribution in [1.82, 2.24) is 5.48 Å². The van der Waals surface area contributed by atoms with Crippen LogP contribution in [0.25, 0.3) is 0 Å². The number of hydrogen-bond donors (Lipinski definition) is 1. The van der Waals surface area contributed by atoms with Crippen molar-refractivity contribution in [1.29, 1.82) is 0 Å². The average molecular weight is 137 g/mol. The minimum atomic E-state index is 0.645. The molecule has 1 unspecified atom stereocenters. The monoisotopic (exact) mass is 137 g/mol. The average Bonchev–Trinajstić information content (AvgIpc) is 2.05. The Kier molecular flexibility index (Phi) is 1.47. The van der Waals surface area contributed by atoms with Crippen molar-refractivity contribution in [3.63, 3.8) is 0 Å². The second-order valence-corrected chi connectivity index (χ2v) is 2.75. The predicted molar refractivity (Wildman–Crippen MR) is 39.0 cm³/mol. The summed E-state index contributed by atoms with van der Waals surface area (Å²) in [5.41, 5.74) is 4.16. The highest BCUT2D eigenvalue weighted by molar-refractivity contribution is 5.24. The summed E-state index contributed by atoms with van der Waals surface area (Å²) in [5.74, 6) is 0.645. The predicted octanol–water partition coefficient (Wildman–Crippen LogP) is 1.37. The largest absolute Gasteiger partial charge is 0.276 e. The van der Waals surface area contributed by atoms with Crippen molar-refractivity contribution in [3.8, 4) is 0 Å². The Morgan fingerprint density at radius 3 is 3.50 bits per heavy atom. The summed E-state index contributed by atoms with van der Waals surface area (Å²) in [6.45, 7) is 0.830. The molecule has 54 valence electrons. The first kappa shape index (κ1) is 5.98. The molecule has 2 heteroatoms. The van der Waals surface area contributed by atoms with Crippen molar-refractivity contribution in [2.75, 3.05) is 6.61 Å². The lowest BCUT2D eigenvalue weighted by Gasteiger charge is -2.24. The summed E-state index contributed by atoms with van der Waals surface area (Å²) in [7, 11) is 0. The molecule has 10 heavy (non-hydrogen) atoms. The first-order valence-electron chi connectivity index (χ1n) is 3.71. The van der Waals surface area contributed by atoms with Crippen molar-refractivity contribution in [2.45, 2.75) is 12.8 Å². The van der Waals surface area contributed by atoms with Crippen LogP contribution in [0, 0.1) is 5.92 Å². The number of rotatable bonds is 0. The van der Waals surface area contributed by atoms with E-state index in [1.54, 1.807) is 0 Å². The maximum Gasteiger partial charge on any atom is 0.0814 e. The zero-order chi connectivity index (χ0) is 6.81. The lowest BCUT2D eigenvalue weighted by atomic mass is 9.90. The highest BCUT2D eigenvalue weighted by atomic mass is 16.6. The van der Waals surface area contributed by atoms with Crippen LogP contribution in [0.1, 0.15) is 12.8 Å². The molecule has 1 aliphatic carbocycles. The highest BCUT2D eigenvalue weighted by Crippen LogP contribution is 2.25. The molecule has 0 saturated heterocycles. The molecule has 1 N–H and O–H groups in total. The Morgan fingerprint density at radius 2 is 2.60 bits per heavy atom. The van der Waals surface area contributed by atoms with Gasteiger partial charge in [-0.25, -0.2) is 0 Å². The number of hydroxylamine groups is 1. The molecule has 1 atom stereocenters. The lowest BCUT2D eigenvalue weighted by molar-refractivity contribution is 0.0357. The van der Waals surface area contributed by atoms with Gasteiger partial charge in [-0.1, -0.05) is 12.2 Å². The fourth-order valence-electron chi connectivity index (χ4n) is 1.42. The first-order valence-corrected chi connectivity index (χ1v) is 3.71. The Morgan fingerprint density at radius 1 is 1.60 bits per heavy atom. The molecule has 0 aromatic carbocycles. The van der Waals surface area contributed by atoms with Gasteiger partial charge in [-0.3, -0.25) is 10.3 Å². The zero-order valence-electron chi connectivity index (χ0n) is 5.84. The third-order valence-corrected chi connectivity index (χ3v) is 2.06. The van der Waals surface area contributed by atoms with Gasteiger partial charge in [0.1, 0.15) is 0 Å². The van der Waals surface area contributed by atoms with E-state index in [0.717, 1.165) is 6.61 Å². The second-order valence-electron chi connectivity index (χ2n) is 2.75. The number of allylic oxidation sites excluding steroid dienone is 2. The van der Waals surface area contributed by atoms with E-state index in [1.807, 2.05) is 6.20 Å². The number of hydrogen-bond acceptors (Lipinski definition) is 2. The standard InChI is InChI=1S/C8H11NO/c1-2-4-8-6-10-9-5-7(8)3-1/h1,3,5,8-9H,2,4,6H2. The van der Waals surface area contributed by atoms with Crippen LogP contribution in [-0.4, -0.2) is 6.61 Å². The fraction of sp³-hybridized carbons (Fsp3) is 0.500. The number of fused-ring (bicyclic) bond motifs is 1. The van der Waals surface area contributed by atoms with E-state index in [2.05, 4.69) is 17.6 Å². The van der Waals surface area contributed by atoms with Gasteiger partial charge in [0.2, 0.25) is 0 Å². The Hall–Kier alpha value is -0.760. The van der Waals surface area contributed by atoms with Crippen LogP contribution in [-0.2, 0) is 4.84 Å². The van der Waals surface area contributed by atoms with Crippen molar-refractivity contribution in [3.05, 3.63) is 23.9 Å². The molecule has 0 saturated carbocycles. The SMILES string of the molecule is C1=CC2=CNOCC2CC1. The Labute approximate surface area is 60.5 Å². The first-order chi connectivity index (χ1) is 4.97. The molecule has 2 nitrogen and oxygen atoms in total. The summed E-state index contributed by atoms with van der Waals surface area (Å²) in [4.78, 5) is 5.08. The van der Waals surface area contributed by atoms with E-state index in [4.69, 9.17) is 4.84 Å². The molecule has 1 heterocycles. The van der Waals surface area contributed by atoms with E-state index in [1.165, 1.54) is 18.4 Å². The quantitative estimate of drug-likeness (QED) is 0.544. The zero-order valence-corrected chi connectivity index (χ0v) is 5.84. The van der Waals surface area contributed by atoms with Crippen LogP contribution >= 0.6 is 0 Å². The second kappa shape index (κ2) is 2.46. The Bertz CT molecular complexity index is 184. The smallest absolute Gasteiger partial charge is 0.0814 e. The Balaban J connectivity index is 2.21. The van der Waals surface area contributed by atoms with Crippen molar-refractivity contribution in [2.24, 2.45) is 5.92 Å². The van der Waals surface area contributed by atoms with Gasteiger partial charge < -0.3 is 0 Å². The molecule has 0 aromatic rings. The van der Waals surface area contributed by atoms with Gasteiger partial charge in [0.05, 0.1) is 6.61 Å². The fourth-order valence-corrected chi connectivity index (χ4v) is 1.42. The van der Waals surface area contributed by atoms with Gasteiger partial charge in [-0.2, -0.15) is 0 Å². The highest BCUT2D eigenvalue weighted by Gasteiger charge is 2.17. The van der Waals surface area contributed by atoms with Gasteiger partial charge >= 0.3 is 0 Å². The number of nitrogens with one attached hydrogen (secondary N) is 1. The summed E-state index contributed by atoms with van der Waals surface area (Å²) in [5, 5.41) is 0. The van der Waals surface area contributed by atoms with E-state index in [-0.39, 0.29) is 0 Å². The molecule has 0 fully saturated rings. The van der Waals surface area contributed by atoms with Crippen LogP contribution in [0.4, 0.5) is 0 Å². The van der Waals surface area contributed by atoms with Crippen LogP contribution < -0.4 is 5.48 Å². The summed E-state index contributed by atoms with van der Waals surface area (Å²) < 4.78 is 0. The summed E-state index contributed by atoms with van der Waals surface area (Å²) in [6.07, 6.45) is 8.79. The molecule has 1 aliphatic heterocycles. The van der Waals surface area contributed by atoms with E-state index in [9.17, 15) is 0 Å². The van der Waals surface area contributed by atoms with E-state index >= 15 is 0 Å². The molecule has 2 aliphatic rings. The van der Waals surface area contributed by atoms with Gasteiger partial charge in [0.25, 0.3) is 0 Å². The van der Waals surface area contributed by atoms with Crippen molar-refractivity contribution < 1.29 is 4.84 Å². The topological polar surface area (TPSA) is 21.3 Å². The minimum absolute atomic E-state index is 0.645. The lowest BCUT2D eigenvalue weighted by Crippen LogP contribution is -2.24. The van der Waals surface area contributed by atoms with Gasteiger partial charge in [-0.15, -0.1) is 0 Å². The van der Waals surface area contributed by atoms with Crippen LogP contribution in [0.2, 0.25) is 0 Å². The maximum absolute atomic E-state index is 5.08. The molecule has 2 rings (SSSR count). The minimum Gasteiger partial charge on any atom is -0.276 e. The molecular weight excluding hydrogens is 126 g/mol. The third kappa shape index (κ3) is 0.948. The maximum atomic E-state index is 5.08. The molecule has 0 amide bonds. The summed E-state index contributed by atoms with van der Waals surface area (Å²) >= 11 is 0.